The van der Waals surface area contributed by atoms with Crippen molar-refractivity contribution in [3.8, 4) is 11.8 Å². The van der Waals surface area contributed by atoms with E-state index >= 15 is 0 Å². The van der Waals surface area contributed by atoms with Crippen LogP contribution in [0.2, 0.25) is 0 Å². The number of hydrogen-bond donors (Lipinski definition) is 1. The molecule has 0 aliphatic carbocycles. The molecule has 3 nitrogen and oxygen atoms in total. The van der Waals surface area contributed by atoms with E-state index in [0.717, 1.165) is 57.5 Å². The molecule has 0 bridgehead atoms. The lowest BCUT2D eigenvalue weighted by Crippen LogP contribution is -2.38. The fraction of sp³-hybridized carbons (Fsp3) is 0.824. The third kappa shape index (κ3) is 8.38. The van der Waals surface area contributed by atoms with E-state index in [4.69, 9.17) is 0 Å². The van der Waals surface area contributed by atoms with Crippen LogP contribution in [0.15, 0.2) is 0 Å². The van der Waals surface area contributed by atoms with Gasteiger partial charge in [0.15, 0.2) is 0 Å². The van der Waals surface area contributed by atoms with E-state index in [1.165, 1.54) is 0 Å². The molecule has 0 saturated carbocycles. The average Bonchev–Trinajstić information content (AvgIpc) is 2.47. The minimum atomic E-state index is 0.222. The maximum atomic E-state index is 12.1. The molecule has 0 unspecified atom stereocenters. The van der Waals surface area contributed by atoms with Gasteiger partial charge in [-0.2, -0.15) is 0 Å². The molecule has 21 heavy (non-hydrogen) atoms. The number of nitrogens with zero attached hydrogens (tertiary/aromatic N) is 1. The van der Waals surface area contributed by atoms with Gasteiger partial charge < -0.3 is 5.32 Å². The van der Waals surface area contributed by atoms with Gasteiger partial charge in [-0.15, -0.1) is 11.8 Å². The minimum absolute atomic E-state index is 0.222. The van der Waals surface area contributed by atoms with Crippen LogP contribution >= 0.6 is 11.9 Å². The van der Waals surface area contributed by atoms with Gasteiger partial charge in [0, 0.05) is 43.6 Å². The molecule has 1 amide bonds. The van der Waals surface area contributed by atoms with E-state index in [0.29, 0.717) is 5.92 Å². The number of rotatable bonds is 7. The lowest BCUT2D eigenvalue weighted by atomic mass is 9.97. The Labute approximate surface area is 134 Å². The first kappa shape index (κ1) is 18.4. The number of carbonyl (C=O) groups excluding carboxylic acids is 1. The van der Waals surface area contributed by atoms with Crippen LogP contribution in [0.4, 0.5) is 0 Å². The first-order valence-electron chi connectivity index (χ1n) is 8.27. The summed E-state index contributed by atoms with van der Waals surface area (Å²) in [6.07, 6.45) is 5.05. The van der Waals surface area contributed by atoms with Crippen LogP contribution in [0.1, 0.15) is 52.9 Å². The molecule has 4 heteroatoms. The number of unbranched alkanes of at least 4 members (excludes halogenated alkanes) is 2. The summed E-state index contributed by atoms with van der Waals surface area (Å²) in [4.78, 5) is 12.1. The number of amides is 1. The second kappa shape index (κ2) is 11.0. The van der Waals surface area contributed by atoms with Gasteiger partial charge in [0.1, 0.15) is 0 Å². The zero-order valence-electron chi connectivity index (χ0n) is 13.8. The monoisotopic (exact) mass is 310 g/mol. The minimum Gasteiger partial charge on any atom is -0.356 e. The molecule has 1 saturated heterocycles. The second-order valence-corrected chi connectivity index (χ2v) is 7.20. The third-order valence-electron chi connectivity index (χ3n) is 3.55. The summed E-state index contributed by atoms with van der Waals surface area (Å²) in [6.45, 7) is 9.28. The van der Waals surface area contributed by atoms with Crippen LogP contribution in [-0.2, 0) is 4.79 Å². The van der Waals surface area contributed by atoms with Gasteiger partial charge in [-0.05, 0) is 25.7 Å². The van der Waals surface area contributed by atoms with Gasteiger partial charge in [0.25, 0.3) is 0 Å². The number of piperidine rings is 1. The average molecular weight is 311 g/mol. The molecule has 0 radical (unpaired) electrons. The third-order valence-corrected chi connectivity index (χ3v) is 4.54. The van der Waals surface area contributed by atoms with Crippen molar-refractivity contribution in [2.45, 2.75) is 52.9 Å². The van der Waals surface area contributed by atoms with Gasteiger partial charge >= 0.3 is 0 Å². The molecule has 1 rings (SSSR count). The summed E-state index contributed by atoms with van der Waals surface area (Å²) >= 11 is 1.89. The molecule has 0 spiro atoms. The van der Waals surface area contributed by atoms with Crippen molar-refractivity contribution in [1.29, 1.82) is 0 Å². The Morgan fingerprint density at radius 2 is 2.05 bits per heavy atom. The van der Waals surface area contributed by atoms with Crippen LogP contribution in [0.25, 0.3) is 0 Å². The van der Waals surface area contributed by atoms with Crippen molar-refractivity contribution in [2.24, 2.45) is 11.8 Å². The summed E-state index contributed by atoms with van der Waals surface area (Å²) in [7, 11) is 0. The van der Waals surface area contributed by atoms with Crippen molar-refractivity contribution in [3.63, 3.8) is 0 Å². The Kier molecular flexibility index (Phi) is 9.62. The summed E-state index contributed by atoms with van der Waals surface area (Å²) < 4.78 is 2.39. The molecular formula is C17H30N2OS. The molecule has 1 aliphatic heterocycles. The van der Waals surface area contributed by atoms with Crippen LogP contribution < -0.4 is 5.32 Å². The SMILES string of the molecule is CCSN1CCC(C(=O)NCCCCC#CC(C)C)CC1. The molecule has 1 aliphatic rings. The maximum absolute atomic E-state index is 12.1. The van der Waals surface area contributed by atoms with Crippen molar-refractivity contribution < 1.29 is 4.79 Å². The number of hydrogen-bond acceptors (Lipinski definition) is 3. The number of nitrogens with one attached hydrogen (secondary N) is 1. The maximum Gasteiger partial charge on any atom is 0.223 e. The summed E-state index contributed by atoms with van der Waals surface area (Å²) in [5.74, 6) is 8.41. The van der Waals surface area contributed by atoms with Crippen LogP contribution in [0, 0.1) is 23.7 Å². The summed E-state index contributed by atoms with van der Waals surface area (Å²) in [6, 6.07) is 0. The second-order valence-electron chi connectivity index (χ2n) is 5.85. The highest BCUT2D eigenvalue weighted by Gasteiger charge is 2.24. The number of carbonyl (C=O) groups is 1. The Balaban J connectivity index is 2.06. The van der Waals surface area contributed by atoms with E-state index in [1.54, 1.807) is 0 Å². The zero-order chi connectivity index (χ0) is 15.5. The van der Waals surface area contributed by atoms with Gasteiger partial charge in [0.2, 0.25) is 5.91 Å². The van der Waals surface area contributed by atoms with Crippen molar-refractivity contribution in [1.82, 2.24) is 9.62 Å². The Bertz CT molecular complexity index is 352. The van der Waals surface area contributed by atoms with Crippen LogP contribution in [0.5, 0.6) is 0 Å². The van der Waals surface area contributed by atoms with Gasteiger partial charge in [0.05, 0.1) is 0 Å². The smallest absolute Gasteiger partial charge is 0.223 e. The van der Waals surface area contributed by atoms with E-state index in [2.05, 4.69) is 42.2 Å². The van der Waals surface area contributed by atoms with Crippen molar-refractivity contribution in [3.05, 3.63) is 0 Å². The lowest BCUT2D eigenvalue weighted by Gasteiger charge is -2.29. The fourth-order valence-corrected chi connectivity index (χ4v) is 3.23. The highest BCUT2D eigenvalue weighted by Crippen LogP contribution is 2.22. The van der Waals surface area contributed by atoms with Gasteiger partial charge in [-0.25, -0.2) is 0 Å². The molecule has 1 heterocycles. The topological polar surface area (TPSA) is 32.3 Å². The van der Waals surface area contributed by atoms with Crippen molar-refractivity contribution >= 4 is 17.9 Å². The van der Waals surface area contributed by atoms with E-state index < -0.39 is 0 Å². The molecule has 1 fully saturated rings. The van der Waals surface area contributed by atoms with Gasteiger partial charge in [-0.3, -0.25) is 9.10 Å². The highest BCUT2D eigenvalue weighted by atomic mass is 32.2. The standard InChI is InChI=1S/C17H30N2OS/c1-4-21-19-13-10-16(11-14-19)17(20)18-12-8-6-5-7-9-15(2)3/h15-16H,4-6,8,10-14H2,1-3H3,(H,18,20). The van der Waals surface area contributed by atoms with E-state index in [-0.39, 0.29) is 11.8 Å². The molecule has 1 N–H and O–H groups in total. The normalized spacial score (nSPS) is 16.6. The molecule has 0 aromatic heterocycles. The first-order chi connectivity index (χ1) is 10.1. The molecule has 0 aromatic carbocycles. The van der Waals surface area contributed by atoms with Gasteiger partial charge in [-0.1, -0.05) is 32.7 Å². The predicted octanol–water partition coefficient (Wildman–Crippen LogP) is 3.31. The Morgan fingerprint density at radius 1 is 1.33 bits per heavy atom. The fourth-order valence-electron chi connectivity index (χ4n) is 2.40. The predicted molar refractivity (Wildman–Crippen MR) is 91.9 cm³/mol. The molecule has 0 aromatic rings. The quantitative estimate of drug-likeness (QED) is 0.445. The van der Waals surface area contributed by atoms with Crippen LogP contribution in [0.3, 0.4) is 0 Å². The van der Waals surface area contributed by atoms with E-state index in [9.17, 15) is 4.79 Å². The highest BCUT2D eigenvalue weighted by molar-refractivity contribution is 7.96. The summed E-state index contributed by atoms with van der Waals surface area (Å²) in [5, 5.41) is 3.09. The van der Waals surface area contributed by atoms with Crippen molar-refractivity contribution in [2.75, 3.05) is 25.4 Å². The zero-order valence-corrected chi connectivity index (χ0v) is 14.6. The molecular weight excluding hydrogens is 280 g/mol. The summed E-state index contributed by atoms with van der Waals surface area (Å²) in [5.41, 5.74) is 0. The van der Waals surface area contributed by atoms with Crippen LogP contribution in [-0.4, -0.2) is 35.6 Å². The largest absolute Gasteiger partial charge is 0.356 e. The first-order valence-corrected chi connectivity index (χ1v) is 9.21. The molecule has 120 valence electrons. The Hall–Kier alpha value is -0.660. The molecule has 0 atom stereocenters. The lowest BCUT2D eigenvalue weighted by molar-refractivity contribution is -0.126. The van der Waals surface area contributed by atoms with E-state index in [1.807, 2.05) is 11.9 Å². The Morgan fingerprint density at radius 3 is 2.67 bits per heavy atom.